The number of hydrogen-bond donors (Lipinski definition) is 1. The second kappa shape index (κ2) is 6.36. The Morgan fingerprint density at radius 1 is 1.00 bits per heavy atom. The average Bonchev–Trinajstić information content (AvgIpc) is 2.40. The Hall–Kier alpha value is -1.61. The first kappa shape index (κ1) is 12.8. The van der Waals surface area contributed by atoms with Gasteiger partial charge in [0, 0.05) is 35.6 Å². The molecule has 0 unspecified atom stereocenters. The van der Waals surface area contributed by atoms with Crippen molar-refractivity contribution in [3.8, 4) is 0 Å². The largest absolute Gasteiger partial charge is 0.399 e. The normalized spacial score (nSPS) is 10.3. The molecule has 0 atom stereocenters. The molecule has 0 amide bonds. The molecule has 0 radical (unpaired) electrons. The Labute approximate surface area is 113 Å². The van der Waals surface area contributed by atoms with Gasteiger partial charge < -0.3 is 10.6 Å². The van der Waals surface area contributed by atoms with Gasteiger partial charge in [-0.15, -0.1) is 11.8 Å². The summed E-state index contributed by atoms with van der Waals surface area (Å²) in [5.41, 5.74) is 7.70. The lowest BCUT2D eigenvalue weighted by molar-refractivity contribution is 0.977. The molecular weight excluding hydrogens is 240 g/mol. The Balaban J connectivity index is 1.81. The highest BCUT2D eigenvalue weighted by Gasteiger charge is 2.00. The van der Waals surface area contributed by atoms with Crippen LogP contribution in [-0.4, -0.2) is 19.3 Å². The van der Waals surface area contributed by atoms with Gasteiger partial charge in [0.15, 0.2) is 0 Å². The Morgan fingerprint density at radius 3 is 2.33 bits per heavy atom. The van der Waals surface area contributed by atoms with Gasteiger partial charge in [-0.25, -0.2) is 0 Å². The third-order valence-corrected chi connectivity index (χ3v) is 3.76. The van der Waals surface area contributed by atoms with Crippen LogP contribution in [0, 0.1) is 0 Å². The molecule has 2 rings (SSSR count). The first-order valence-corrected chi connectivity index (χ1v) is 6.99. The quantitative estimate of drug-likeness (QED) is 0.657. The highest BCUT2D eigenvalue weighted by molar-refractivity contribution is 7.99. The highest BCUT2D eigenvalue weighted by Crippen LogP contribution is 2.19. The molecule has 0 spiro atoms. The Kier molecular flexibility index (Phi) is 4.53. The van der Waals surface area contributed by atoms with Gasteiger partial charge in [0.05, 0.1) is 0 Å². The molecule has 0 aliphatic carbocycles. The molecule has 0 saturated carbocycles. The first-order valence-electron chi connectivity index (χ1n) is 6.00. The van der Waals surface area contributed by atoms with E-state index >= 15 is 0 Å². The molecule has 0 aromatic heterocycles. The third-order valence-electron chi connectivity index (χ3n) is 2.77. The predicted molar refractivity (Wildman–Crippen MR) is 81.3 cm³/mol. The van der Waals surface area contributed by atoms with Gasteiger partial charge in [-0.05, 0) is 36.4 Å². The van der Waals surface area contributed by atoms with Crippen molar-refractivity contribution in [2.75, 3.05) is 30.0 Å². The van der Waals surface area contributed by atoms with E-state index in [1.807, 2.05) is 30.0 Å². The van der Waals surface area contributed by atoms with Crippen molar-refractivity contribution in [3.63, 3.8) is 0 Å². The molecule has 2 N–H and O–H groups in total. The molecule has 2 aromatic rings. The van der Waals surface area contributed by atoms with Crippen molar-refractivity contribution < 1.29 is 0 Å². The summed E-state index contributed by atoms with van der Waals surface area (Å²) in [6, 6.07) is 18.5. The van der Waals surface area contributed by atoms with Gasteiger partial charge in [0.25, 0.3) is 0 Å². The zero-order valence-electron chi connectivity index (χ0n) is 10.5. The Morgan fingerprint density at radius 2 is 1.67 bits per heavy atom. The molecule has 3 heteroatoms. The van der Waals surface area contributed by atoms with E-state index in [1.165, 1.54) is 10.6 Å². The summed E-state index contributed by atoms with van der Waals surface area (Å²) in [6.07, 6.45) is 0. The number of rotatable bonds is 5. The van der Waals surface area contributed by atoms with Crippen molar-refractivity contribution in [2.24, 2.45) is 0 Å². The fourth-order valence-electron chi connectivity index (χ4n) is 1.68. The fourth-order valence-corrected chi connectivity index (χ4v) is 2.63. The molecule has 0 aliphatic heterocycles. The lowest BCUT2D eigenvalue weighted by Crippen LogP contribution is -2.20. The van der Waals surface area contributed by atoms with Crippen LogP contribution in [-0.2, 0) is 0 Å². The number of nitrogen functional groups attached to an aromatic ring is 1. The van der Waals surface area contributed by atoms with Crippen molar-refractivity contribution in [2.45, 2.75) is 4.90 Å². The lowest BCUT2D eigenvalue weighted by Gasteiger charge is -2.19. The Bertz CT molecular complexity index is 468. The molecule has 0 heterocycles. The molecule has 0 aliphatic rings. The summed E-state index contributed by atoms with van der Waals surface area (Å²) in [5.74, 6) is 1.07. The molecule has 0 bridgehead atoms. The summed E-state index contributed by atoms with van der Waals surface area (Å²) < 4.78 is 0. The van der Waals surface area contributed by atoms with E-state index < -0.39 is 0 Å². The summed E-state index contributed by atoms with van der Waals surface area (Å²) >= 11 is 1.88. The number of benzene rings is 2. The van der Waals surface area contributed by atoms with Gasteiger partial charge in [-0.3, -0.25) is 0 Å². The zero-order valence-corrected chi connectivity index (χ0v) is 11.4. The average molecular weight is 258 g/mol. The van der Waals surface area contributed by atoms with Crippen LogP contribution in [0.4, 0.5) is 11.4 Å². The minimum absolute atomic E-state index is 0.811. The van der Waals surface area contributed by atoms with Crippen LogP contribution >= 0.6 is 11.8 Å². The minimum Gasteiger partial charge on any atom is -0.399 e. The summed E-state index contributed by atoms with van der Waals surface area (Å²) in [6.45, 7) is 1.02. The second-order valence-electron chi connectivity index (χ2n) is 4.17. The molecule has 18 heavy (non-hydrogen) atoms. The van der Waals surface area contributed by atoms with Crippen LogP contribution in [0.2, 0.25) is 0 Å². The van der Waals surface area contributed by atoms with Crippen LogP contribution in [0.5, 0.6) is 0 Å². The standard InChI is InChI=1S/C15H18N2S/c1-17(14-9-7-13(16)8-10-14)11-12-18-15-5-3-2-4-6-15/h2-10H,11-12,16H2,1H3. The minimum atomic E-state index is 0.811. The molecule has 94 valence electrons. The number of anilines is 2. The maximum Gasteiger partial charge on any atom is 0.0365 e. The number of nitrogens with two attached hydrogens (primary N) is 1. The monoisotopic (exact) mass is 258 g/mol. The lowest BCUT2D eigenvalue weighted by atomic mass is 10.2. The predicted octanol–water partition coefficient (Wildman–Crippen LogP) is 3.50. The molecule has 0 fully saturated rings. The van der Waals surface area contributed by atoms with Gasteiger partial charge >= 0.3 is 0 Å². The van der Waals surface area contributed by atoms with Gasteiger partial charge in [-0.2, -0.15) is 0 Å². The van der Waals surface area contributed by atoms with E-state index in [2.05, 4.69) is 48.3 Å². The van der Waals surface area contributed by atoms with Crippen LogP contribution < -0.4 is 10.6 Å². The topological polar surface area (TPSA) is 29.3 Å². The number of nitrogens with zero attached hydrogens (tertiary/aromatic N) is 1. The van der Waals surface area contributed by atoms with Crippen LogP contribution in [0.3, 0.4) is 0 Å². The van der Waals surface area contributed by atoms with Crippen LogP contribution in [0.15, 0.2) is 59.5 Å². The van der Waals surface area contributed by atoms with Crippen LogP contribution in [0.1, 0.15) is 0 Å². The molecule has 0 saturated heterocycles. The van der Waals surface area contributed by atoms with Crippen molar-refractivity contribution >= 4 is 23.1 Å². The zero-order chi connectivity index (χ0) is 12.8. The summed E-state index contributed by atoms with van der Waals surface area (Å²) in [5, 5.41) is 0. The highest BCUT2D eigenvalue weighted by atomic mass is 32.2. The van der Waals surface area contributed by atoms with E-state index in [0.717, 1.165) is 18.0 Å². The summed E-state index contributed by atoms with van der Waals surface area (Å²) in [4.78, 5) is 3.57. The van der Waals surface area contributed by atoms with Crippen molar-refractivity contribution in [3.05, 3.63) is 54.6 Å². The fraction of sp³-hybridized carbons (Fsp3) is 0.200. The second-order valence-corrected chi connectivity index (χ2v) is 5.34. The van der Waals surface area contributed by atoms with Crippen LogP contribution in [0.25, 0.3) is 0 Å². The van der Waals surface area contributed by atoms with Gasteiger partial charge in [-0.1, -0.05) is 18.2 Å². The van der Waals surface area contributed by atoms with E-state index in [1.54, 1.807) is 0 Å². The molecule has 2 nitrogen and oxygen atoms in total. The van der Waals surface area contributed by atoms with E-state index in [4.69, 9.17) is 5.73 Å². The third kappa shape index (κ3) is 3.70. The van der Waals surface area contributed by atoms with Crippen molar-refractivity contribution in [1.82, 2.24) is 0 Å². The maximum atomic E-state index is 5.68. The van der Waals surface area contributed by atoms with E-state index in [9.17, 15) is 0 Å². The van der Waals surface area contributed by atoms with Gasteiger partial charge in [0.1, 0.15) is 0 Å². The maximum absolute atomic E-state index is 5.68. The number of hydrogen-bond acceptors (Lipinski definition) is 3. The van der Waals surface area contributed by atoms with Gasteiger partial charge in [0.2, 0.25) is 0 Å². The number of thioether (sulfide) groups is 1. The van der Waals surface area contributed by atoms with E-state index in [0.29, 0.717) is 0 Å². The first-order chi connectivity index (χ1) is 8.75. The SMILES string of the molecule is CN(CCSc1ccccc1)c1ccc(N)cc1. The smallest absolute Gasteiger partial charge is 0.0365 e. The summed E-state index contributed by atoms with van der Waals surface area (Å²) in [7, 11) is 2.11. The van der Waals surface area contributed by atoms with E-state index in [-0.39, 0.29) is 0 Å². The molecule has 2 aromatic carbocycles. The molecular formula is C15H18N2S. The van der Waals surface area contributed by atoms with Crippen molar-refractivity contribution in [1.29, 1.82) is 0 Å².